The van der Waals surface area contributed by atoms with E-state index in [9.17, 15) is 0 Å². The van der Waals surface area contributed by atoms with Gasteiger partial charge in [-0.3, -0.25) is 0 Å². The Hall–Kier alpha value is -7.43. The van der Waals surface area contributed by atoms with Gasteiger partial charge in [-0.15, -0.1) is 0 Å². The van der Waals surface area contributed by atoms with Gasteiger partial charge < -0.3 is 4.42 Å². The van der Waals surface area contributed by atoms with Crippen LogP contribution in [0.5, 0.6) is 0 Å². The summed E-state index contributed by atoms with van der Waals surface area (Å²) in [5, 5.41) is 9.73. The topological polar surface area (TPSA) is 51.8 Å². The minimum atomic E-state index is 0.615. The molecule has 2 heterocycles. The fraction of sp³-hybridized carbons (Fsp3) is 0. The molecule has 0 saturated carbocycles. The zero-order chi connectivity index (χ0) is 36.3. The van der Waals surface area contributed by atoms with Gasteiger partial charge in [0.1, 0.15) is 11.2 Å². The first kappa shape index (κ1) is 31.1. The number of furan rings is 1. The maximum absolute atomic E-state index is 6.37. The third-order valence-corrected chi connectivity index (χ3v) is 10.7. The number of fused-ring (bicyclic) bond motifs is 9. The van der Waals surface area contributed by atoms with Crippen LogP contribution in [0.1, 0.15) is 0 Å². The van der Waals surface area contributed by atoms with E-state index in [0.29, 0.717) is 17.5 Å². The molecule has 11 rings (SSSR count). The molecule has 4 heteroatoms. The van der Waals surface area contributed by atoms with Crippen molar-refractivity contribution < 1.29 is 4.42 Å². The molecular weight excluding hydrogens is 671 g/mol. The van der Waals surface area contributed by atoms with Gasteiger partial charge in [0, 0.05) is 27.5 Å². The summed E-state index contributed by atoms with van der Waals surface area (Å²) in [5.74, 6) is 1.89. The molecule has 0 N–H and O–H groups in total. The lowest BCUT2D eigenvalue weighted by Crippen LogP contribution is -2.00. The predicted molar refractivity (Wildman–Crippen MR) is 227 cm³/mol. The van der Waals surface area contributed by atoms with Crippen LogP contribution in [0.25, 0.3) is 111 Å². The van der Waals surface area contributed by atoms with Crippen LogP contribution in [-0.2, 0) is 0 Å². The number of aromatic nitrogens is 3. The third-order valence-electron chi connectivity index (χ3n) is 10.7. The highest BCUT2D eigenvalue weighted by atomic mass is 16.3. The molecule has 9 aromatic carbocycles. The zero-order valence-corrected chi connectivity index (χ0v) is 29.6. The molecule has 11 aromatic rings. The molecule has 256 valence electrons. The Morgan fingerprint density at radius 1 is 0.236 bits per heavy atom. The number of hydrogen-bond donors (Lipinski definition) is 0. The van der Waals surface area contributed by atoms with Crippen LogP contribution in [0, 0.1) is 0 Å². The molecule has 55 heavy (non-hydrogen) atoms. The summed E-state index contributed by atoms with van der Waals surface area (Å²) in [6, 6.07) is 66.0. The molecule has 0 spiro atoms. The predicted octanol–water partition coefficient (Wildman–Crippen LogP) is 13.6. The third kappa shape index (κ3) is 5.34. The molecule has 0 aliphatic carbocycles. The van der Waals surface area contributed by atoms with Crippen molar-refractivity contribution in [2.24, 2.45) is 0 Å². The second-order valence-electron chi connectivity index (χ2n) is 14.0. The smallest absolute Gasteiger partial charge is 0.164 e. The molecule has 0 fully saturated rings. The van der Waals surface area contributed by atoms with E-state index < -0.39 is 0 Å². The van der Waals surface area contributed by atoms with Crippen LogP contribution < -0.4 is 0 Å². The average molecular weight is 702 g/mol. The summed E-state index contributed by atoms with van der Waals surface area (Å²) < 4.78 is 6.37. The van der Waals surface area contributed by atoms with Crippen molar-refractivity contribution in [3.8, 4) is 56.4 Å². The van der Waals surface area contributed by atoms with Gasteiger partial charge in [-0.25, -0.2) is 15.0 Å². The molecule has 0 bridgehead atoms. The minimum absolute atomic E-state index is 0.615. The number of benzene rings is 9. The second-order valence-corrected chi connectivity index (χ2v) is 14.0. The van der Waals surface area contributed by atoms with E-state index in [0.717, 1.165) is 49.8 Å². The first-order valence-corrected chi connectivity index (χ1v) is 18.5. The molecule has 0 saturated heterocycles. The number of nitrogens with zero attached hydrogens (tertiary/aromatic N) is 3. The Labute approximate surface area is 317 Å². The Balaban J connectivity index is 1.01. The Kier molecular flexibility index (Phi) is 7.14. The maximum Gasteiger partial charge on any atom is 0.164 e. The van der Waals surface area contributed by atoms with Gasteiger partial charge in [0.05, 0.1) is 0 Å². The van der Waals surface area contributed by atoms with Crippen LogP contribution >= 0.6 is 0 Å². The van der Waals surface area contributed by atoms with Gasteiger partial charge in [-0.1, -0.05) is 146 Å². The Bertz CT molecular complexity index is 3170. The largest absolute Gasteiger partial charge is 0.456 e. The molecule has 0 aliphatic heterocycles. The van der Waals surface area contributed by atoms with Crippen LogP contribution in [-0.4, -0.2) is 15.0 Å². The molecule has 2 aromatic heterocycles. The van der Waals surface area contributed by atoms with Crippen molar-refractivity contribution in [1.29, 1.82) is 0 Å². The first-order valence-electron chi connectivity index (χ1n) is 18.5. The van der Waals surface area contributed by atoms with Crippen LogP contribution in [0.15, 0.2) is 192 Å². The molecular formula is C51H31N3O. The lowest BCUT2D eigenvalue weighted by molar-refractivity contribution is 0.669. The lowest BCUT2D eigenvalue weighted by Gasteiger charge is -2.12. The van der Waals surface area contributed by atoms with E-state index in [1.165, 1.54) is 43.4 Å². The van der Waals surface area contributed by atoms with Crippen LogP contribution in [0.4, 0.5) is 0 Å². The second kappa shape index (κ2) is 12.6. The van der Waals surface area contributed by atoms with Gasteiger partial charge in [-0.2, -0.15) is 0 Å². The van der Waals surface area contributed by atoms with Crippen molar-refractivity contribution in [3.05, 3.63) is 188 Å². The normalized spacial score (nSPS) is 11.6. The highest BCUT2D eigenvalue weighted by Gasteiger charge is 2.16. The van der Waals surface area contributed by atoms with Crippen molar-refractivity contribution in [2.75, 3.05) is 0 Å². The number of rotatable bonds is 5. The van der Waals surface area contributed by atoms with E-state index in [-0.39, 0.29) is 0 Å². The minimum Gasteiger partial charge on any atom is -0.456 e. The summed E-state index contributed by atoms with van der Waals surface area (Å²) in [7, 11) is 0. The van der Waals surface area contributed by atoms with Gasteiger partial charge in [0.15, 0.2) is 17.5 Å². The first-order chi connectivity index (χ1) is 27.2. The standard InChI is InChI=1S/C51H31N3O/c1-3-12-32(13-4-1)49-52-50(33-14-5-2-6-15-33)54-51(53-49)38-24-27-48-46(31-38)45-30-37(23-26-47(45)55-48)35-17-11-16-34(28-35)36-22-25-43-41-20-8-7-18-39(41)40-19-9-10-21-42(40)44(43)29-36/h1-31H. The molecule has 0 aliphatic rings. The average Bonchev–Trinajstić information content (AvgIpc) is 3.64. The summed E-state index contributed by atoms with van der Waals surface area (Å²) in [6.07, 6.45) is 0. The summed E-state index contributed by atoms with van der Waals surface area (Å²) in [6.45, 7) is 0. The van der Waals surface area contributed by atoms with Crippen molar-refractivity contribution in [1.82, 2.24) is 15.0 Å². The fourth-order valence-corrected chi connectivity index (χ4v) is 8.00. The van der Waals surface area contributed by atoms with E-state index in [1.54, 1.807) is 0 Å². The highest BCUT2D eigenvalue weighted by molar-refractivity contribution is 6.25. The molecule has 0 unspecified atom stereocenters. The zero-order valence-electron chi connectivity index (χ0n) is 29.6. The summed E-state index contributed by atoms with van der Waals surface area (Å²) >= 11 is 0. The molecule has 0 amide bonds. The van der Waals surface area contributed by atoms with Crippen molar-refractivity contribution in [2.45, 2.75) is 0 Å². The van der Waals surface area contributed by atoms with E-state index >= 15 is 0 Å². The molecule has 0 radical (unpaired) electrons. The van der Waals surface area contributed by atoms with Gasteiger partial charge in [0.2, 0.25) is 0 Å². The monoisotopic (exact) mass is 701 g/mol. The lowest BCUT2D eigenvalue weighted by atomic mass is 9.91. The Morgan fingerprint density at radius 3 is 1.15 bits per heavy atom. The van der Waals surface area contributed by atoms with Gasteiger partial charge in [0.25, 0.3) is 0 Å². The van der Waals surface area contributed by atoms with Gasteiger partial charge in [-0.05, 0) is 97.0 Å². The maximum atomic E-state index is 6.37. The van der Waals surface area contributed by atoms with E-state index in [4.69, 9.17) is 19.4 Å². The summed E-state index contributed by atoms with van der Waals surface area (Å²) in [5.41, 5.74) is 9.07. The highest BCUT2D eigenvalue weighted by Crippen LogP contribution is 2.39. The van der Waals surface area contributed by atoms with Crippen molar-refractivity contribution in [3.63, 3.8) is 0 Å². The quantitative estimate of drug-likeness (QED) is 0.168. The fourth-order valence-electron chi connectivity index (χ4n) is 8.00. The van der Waals surface area contributed by atoms with Crippen molar-refractivity contribution >= 4 is 54.3 Å². The van der Waals surface area contributed by atoms with E-state index in [2.05, 4.69) is 115 Å². The molecule has 4 nitrogen and oxygen atoms in total. The molecule has 0 atom stereocenters. The van der Waals surface area contributed by atoms with Crippen LogP contribution in [0.3, 0.4) is 0 Å². The summed E-state index contributed by atoms with van der Waals surface area (Å²) in [4.78, 5) is 14.8. The van der Waals surface area contributed by atoms with E-state index in [1.807, 2.05) is 72.8 Å². The number of hydrogen-bond acceptors (Lipinski definition) is 4. The van der Waals surface area contributed by atoms with Crippen LogP contribution in [0.2, 0.25) is 0 Å². The SMILES string of the molecule is c1ccc(-c2nc(-c3ccccc3)nc(-c3ccc4oc5ccc(-c6cccc(-c7ccc8c9ccccc9c9ccccc9c8c7)c6)cc5c4c3)n2)cc1. The Morgan fingerprint density at radius 2 is 0.600 bits per heavy atom. The van der Waals surface area contributed by atoms with Gasteiger partial charge >= 0.3 is 0 Å².